The lowest BCUT2D eigenvalue weighted by atomic mass is 10.0. The van der Waals surface area contributed by atoms with Crippen molar-refractivity contribution < 1.29 is 0 Å². The summed E-state index contributed by atoms with van der Waals surface area (Å²) in [6.45, 7) is 6.59. The maximum atomic E-state index is 4.54. The molecule has 2 unspecified atom stereocenters. The summed E-state index contributed by atoms with van der Waals surface area (Å²) in [5, 5.41) is 0. The van der Waals surface area contributed by atoms with E-state index in [0.29, 0.717) is 5.92 Å². The predicted molar refractivity (Wildman–Crippen MR) is 94.4 cm³/mol. The molecular weight excluding hydrogens is 298 g/mol. The Morgan fingerprint density at radius 2 is 1.67 bits per heavy atom. The third-order valence-electron chi connectivity index (χ3n) is 5.73. The summed E-state index contributed by atoms with van der Waals surface area (Å²) in [6, 6.07) is 6.56. The van der Waals surface area contributed by atoms with Crippen LogP contribution in [0.4, 0.5) is 11.5 Å². The van der Waals surface area contributed by atoms with Crippen LogP contribution in [0.1, 0.15) is 30.1 Å². The van der Waals surface area contributed by atoms with Gasteiger partial charge in [-0.2, -0.15) is 0 Å². The van der Waals surface area contributed by atoms with Crippen LogP contribution >= 0.6 is 0 Å². The third kappa shape index (κ3) is 2.52. The highest BCUT2D eigenvalue weighted by atomic mass is 15.3. The van der Waals surface area contributed by atoms with Gasteiger partial charge in [0.15, 0.2) is 0 Å². The molecule has 24 heavy (non-hydrogen) atoms. The average Bonchev–Trinajstić information content (AvgIpc) is 3.25. The Bertz CT molecular complexity index is 743. The van der Waals surface area contributed by atoms with Gasteiger partial charge in [0.05, 0.1) is 0 Å². The lowest BCUT2D eigenvalue weighted by molar-refractivity contribution is 0.533. The van der Waals surface area contributed by atoms with Crippen molar-refractivity contribution >= 4 is 11.5 Å². The van der Waals surface area contributed by atoms with E-state index < -0.39 is 0 Å². The molecule has 2 aromatic heterocycles. The summed E-state index contributed by atoms with van der Waals surface area (Å²) >= 11 is 0. The molecule has 0 radical (unpaired) electrons. The zero-order chi connectivity index (χ0) is 16.1. The molecule has 3 aliphatic rings. The van der Waals surface area contributed by atoms with E-state index in [4.69, 9.17) is 0 Å². The van der Waals surface area contributed by atoms with Gasteiger partial charge in [-0.3, -0.25) is 4.98 Å². The third-order valence-corrected chi connectivity index (χ3v) is 5.73. The Hall–Kier alpha value is -2.17. The molecule has 0 spiro atoms. The molecule has 3 fully saturated rings. The van der Waals surface area contributed by atoms with Crippen molar-refractivity contribution in [1.82, 2.24) is 15.0 Å². The molecule has 5 heteroatoms. The van der Waals surface area contributed by atoms with Crippen LogP contribution in [0.3, 0.4) is 0 Å². The number of hydrogen-bond donors (Lipinski definition) is 0. The standard InChI is InChI=1S/C19H23N5/c1-13-6-17(4-5-20-13)23-8-15-10-24(11-16(15)9-23)19-7-18(14-2-3-14)21-12-22-19/h4-7,12,14-16H,2-3,8-11H2,1H3. The zero-order valence-corrected chi connectivity index (χ0v) is 14.1. The Morgan fingerprint density at radius 3 is 2.38 bits per heavy atom. The van der Waals surface area contributed by atoms with Crippen molar-refractivity contribution in [3.63, 3.8) is 0 Å². The molecule has 2 saturated heterocycles. The number of aromatic nitrogens is 3. The first kappa shape index (κ1) is 14.2. The maximum Gasteiger partial charge on any atom is 0.132 e. The molecule has 1 saturated carbocycles. The van der Waals surface area contributed by atoms with E-state index in [1.54, 1.807) is 6.33 Å². The van der Waals surface area contributed by atoms with E-state index >= 15 is 0 Å². The molecule has 2 aliphatic heterocycles. The lowest BCUT2D eigenvalue weighted by Crippen LogP contribution is -2.29. The number of hydrogen-bond acceptors (Lipinski definition) is 5. The highest BCUT2D eigenvalue weighted by Gasteiger charge is 2.40. The van der Waals surface area contributed by atoms with E-state index in [9.17, 15) is 0 Å². The second-order valence-electron chi connectivity index (χ2n) is 7.56. The Labute approximate surface area is 142 Å². The normalized spacial score (nSPS) is 26.0. The van der Waals surface area contributed by atoms with Crippen LogP contribution < -0.4 is 9.80 Å². The Balaban J connectivity index is 1.29. The van der Waals surface area contributed by atoms with Gasteiger partial charge >= 0.3 is 0 Å². The van der Waals surface area contributed by atoms with Crippen LogP contribution in [-0.2, 0) is 0 Å². The van der Waals surface area contributed by atoms with Gasteiger partial charge in [0.1, 0.15) is 12.1 Å². The Kier molecular flexibility index (Phi) is 3.21. The maximum absolute atomic E-state index is 4.54. The fourth-order valence-corrected chi connectivity index (χ4v) is 4.26. The zero-order valence-electron chi connectivity index (χ0n) is 14.1. The molecule has 2 aromatic rings. The van der Waals surface area contributed by atoms with Gasteiger partial charge in [-0.1, -0.05) is 0 Å². The van der Waals surface area contributed by atoms with Crippen molar-refractivity contribution in [2.24, 2.45) is 11.8 Å². The van der Waals surface area contributed by atoms with Crippen LogP contribution in [0.25, 0.3) is 0 Å². The van der Waals surface area contributed by atoms with Gasteiger partial charge in [0, 0.05) is 73.3 Å². The second-order valence-corrected chi connectivity index (χ2v) is 7.56. The number of aryl methyl sites for hydroxylation is 1. The molecule has 4 heterocycles. The van der Waals surface area contributed by atoms with E-state index in [1.165, 1.54) is 24.2 Å². The molecule has 0 aromatic carbocycles. The van der Waals surface area contributed by atoms with Crippen LogP contribution in [0.15, 0.2) is 30.7 Å². The van der Waals surface area contributed by atoms with Gasteiger partial charge < -0.3 is 9.80 Å². The number of anilines is 2. The summed E-state index contributed by atoms with van der Waals surface area (Å²) < 4.78 is 0. The first-order chi connectivity index (χ1) is 11.8. The summed E-state index contributed by atoms with van der Waals surface area (Å²) in [5.41, 5.74) is 3.66. The fraction of sp³-hybridized carbons (Fsp3) is 0.526. The second kappa shape index (κ2) is 5.43. The fourth-order valence-electron chi connectivity index (χ4n) is 4.26. The van der Waals surface area contributed by atoms with E-state index in [2.05, 4.69) is 49.9 Å². The van der Waals surface area contributed by atoms with Gasteiger partial charge in [-0.05, 0) is 31.9 Å². The molecule has 2 atom stereocenters. The smallest absolute Gasteiger partial charge is 0.132 e. The van der Waals surface area contributed by atoms with Crippen molar-refractivity contribution in [3.8, 4) is 0 Å². The van der Waals surface area contributed by atoms with Gasteiger partial charge in [-0.25, -0.2) is 9.97 Å². The summed E-state index contributed by atoms with van der Waals surface area (Å²) in [7, 11) is 0. The lowest BCUT2D eigenvalue weighted by Gasteiger charge is -2.24. The minimum atomic E-state index is 0.694. The van der Waals surface area contributed by atoms with Gasteiger partial charge in [-0.15, -0.1) is 0 Å². The molecule has 0 N–H and O–H groups in total. The predicted octanol–water partition coefficient (Wildman–Crippen LogP) is 2.63. The van der Waals surface area contributed by atoms with Crippen LogP contribution in [0, 0.1) is 18.8 Å². The first-order valence-electron chi connectivity index (χ1n) is 9.01. The van der Waals surface area contributed by atoms with E-state index in [-0.39, 0.29) is 0 Å². The van der Waals surface area contributed by atoms with Crippen molar-refractivity contribution in [2.45, 2.75) is 25.7 Å². The van der Waals surface area contributed by atoms with Crippen molar-refractivity contribution in [2.75, 3.05) is 36.0 Å². The van der Waals surface area contributed by atoms with Crippen LogP contribution in [0.2, 0.25) is 0 Å². The molecular formula is C19H23N5. The van der Waals surface area contributed by atoms with Gasteiger partial charge in [0.2, 0.25) is 0 Å². The van der Waals surface area contributed by atoms with Crippen molar-refractivity contribution in [1.29, 1.82) is 0 Å². The molecule has 5 rings (SSSR count). The molecule has 5 nitrogen and oxygen atoms in total. The van der Waals surface area contributed by atoms with E-state index in [1.807, 2.05) is 6.20 Å². The summed E-state index contributed by atoms with van der Waals surface area (Å²) in [6.07, 6.45) is 6.26. The molecule has 124 valence electrons. The highest BCUT2D eigenvalue weighted by molar-refractivity contribution is 5.49. The number of rotatable bonds is 3. The molecule has 1 aliphatic carbocycles. The SMILES string of the molecule is Cc1cc(N2CC3CN(c4cc(C5CC5)ncn4)CC3C2)ccn1. The minimum absolute atomic E-state index is 0.694. The quantitative estimate of drug-likeness (QED) is 0.869. The topological polar surface area (TPSA) is 45.2 Å². The largest absolute Gasteiger partial charge is 0.371 e. The average molecular weight is 321 g/mol. The van der Waals surface area contributed by atoms with Crippen LogP contribution in [-0.4, -0.2) is 41.1 Å². The number of nitrogens with zero attached hydrogens (tertiary/aromatic N) is 5. The monoisotopic (exact) mass is 321 g/mol. The number of pyridine rings is 1. The summed E-state index contributed by atoms with van der Waals surface area (Å²) in [4.78, 5) is 18.3. The minimum Gasteiger partial charge on any atom is -0.371 e. The highest BCUT2D eigenvalue weighted by Crippen LogP contribution is 2.40. The summed E-state index contributed by atoms with van der Waals surface area (Å²) in [5.74, 6) is 3.29. The molecule has 0 bridgehead atoms. The Morgan fingerprint density at radius 1 is 0.917 bits per heavy atom. The molecule has 0 amide bonds. The van der Waals surface area contributed by atoms with E-state index in [0.717, 1.165) is 49.5 Å². The number of fused-ring (bicyclic) bond motifs is 1. The first-order valence-corrected chi connectivity index (χ1v) is 9.01. The van der Waals surface area contributed by atoms with Crippen molar-refractivity contribution in [3.05, 3.63) is 42.1 Å². The van der Waals surface area contributed by atoms with Gasteiger partial charge in [0.25, 0.3) is 0 Å². The van der Waals surface area contributed by atoms with Crippen LogP contribution in [0.5, 0.6) is 0 Å².